The van der Waals surface area contributed by atoms with Crippen molar-refractivity contribution in [1.82, 2.24) is 20.5 Å². The van der Waals surface area contributed by atoms with Gasteiger partial charge >= 0.3 is 0 Å². The summed E-state index contributed by atoms with van der Waals surface area (Å²) in [5.41, 5.74) is 8.27. The number of ether oxygens (including phenoxy) is 2. The van der Waals surface area contributed by atoms with Crippen LogP contribution in [0.4, 0.5) is 0 Å². The van der Waals surface area contributed by atoms with Crippen molar-refractivity contribution in [3.63, 3.8) is 0 Å². The number of aromatic nitrogens is 1. The maximum Gasteiger partial charge on any atom is 0.220 e. The van der Waals surface area contributed by atoms with Crippen molar-refractivity contribution in [2.24, 2.45) is 0 Å². The minimum atomic E-state index is 0.105. The number of hydrogen-bond acceptors (Lipinski definition) is 7. The normalized spacial score (nSPS) is 16.3. The molecule has 1 fully saturated rings. The lowest BCUT2D eigenvalue weighted by Gasteiger charge is -2.30. The predicted molar refractivity (Wildman–Crippen MR) is 183 cm³/mol. The highest BCUT2D eigenvalue weighted by molar-refractivity contribution is 6.39. The van der Waals surface area contributed by atoms with E-state index in [1.807, 2.05) is 54.6 Å². The maximum atomic E-state index is 11.5. The lowest BCUT2D eigenvalue weighted by Crippen LogP contribution is -2.35. The van der Waals surface area contributed by atoms with Crippen LogP contribution in [0.1, 0.15) is 29.5 Å². The Balaban J connectivity index is 1.28. The Labute approximate surface area is 279 Å². The fraction of sp³-hybridized carbons (Fsp3) is 0.333. The largest absolute Gasteiger partial charge is 0.496 e. The third-order valence-electron chi connectivity index (χ3n) is 8.81. The predicted octanol–water partition coefficient (Wildman–Crippen LogP) is 6.13. The highest BCUT2D eigenvalue weighted by Gasteiger charge is 2.23. The minimum Gasteiger partial charge on any atom is -0.496 e. The van der Waals surface area contributed by atoms with E-state index in [1.165, 1.54) is 5.56 Å². The van der Waals surface area contributed by atoms with Crippen molar-refractivity contribution in [2.45, 2.75) is 38.4 Å². The number of β-amino-alcohol motifs (C(OH)–C–C–N with tert-alkyl or cyclic N) is 1. The molecule has 4 aromatic rings. The Morgan fingerprint density at radius 1 is 0.978 bits per heavy atom. The second-order valence-corrected chi connectivity index (χ2v) is 12.5. The van der Waals surface area contributed by atoms with Crippen LogP contribution in [0.3, 0.4) is 0 Å². The SMILES string of the molecule is COc1cc(-c2cccc(-c3cccc(-c4ccc(CNCC5CCC(=O)N5)c(OC)n4)c3Cl)c2Cl)cc2c1CN(CCO)CC2. The van der Waals surface area contributed by atoms with Crippen LogP contribution < -0.4 is 20.1 Å². The number of aliphatic hydroxyl groups is 1. The van der Waals surface area contributed by atoms with Crippen molar-refractivity contribution >= 4 is 29.1 Å². The van der Waals surface area contributed by atoms with Gasteiger partial charge in [-0.25, -0.2) is 4.98 Å². The van der Waals surface area contributed by atoms with Crippen molar-refractivity contribution in [3.8, 4) is 45.1 Å². The van der Waals surface area contributed by atoms with E-state index in [1.54, 1.807) is 14.2 Å². The Bertz CT molecular complexity index is 1730. The first-order valence-corrected chi connectivity index (χ1v) is 16.3. The number of benzene rings is 3. The number of fused-ring (bicyclic) bond motifs is 1. The van der Waals surface area contributed by atoms with Crippen LogP contribution in [0, 0.1) is 0 Å². The molecule has 2 aliphatic heterocycles. The van der Waals surface area contributed by atoms with Gasteiger partial charge in [-0.05, 0) is 36.1 Å². The molecule has 0 bridgehead atoms. The molecular formula is C36H38Cl2N4O4. The maximum absolute atomic E-state index is 11.5. The lowest BCUT2D eigenvalue weighted by atomic mass is 9.92. The van der Waals surface area contributed by atoms with E-state index >= 15 is 0 Å². The van der Waals surface area contributed by atoms with Crippen LogP contribution in [-0.2, 0) is 24.3 Å². The van der Waals surface area contributed by atoms with E-state index in [-0.39, 0.29) is 18.6 Å². The fourth-order valence-corrected chi connectivity index (χ4v) is 7.06. The topological polar surface area (TPSA) is 96.0 Å². The Morgan fingerprint density at radius 2 is 1.72 bits per heavy atom. The van der Waals surface area contributed by atoms with Crippen molar-refractivity contribution in [1.29, 1.82) is 0 Å². The van der Waals surface area contributed by atoms with Crippen LogP contribution in [0.15, 0.2) is 60.7 Å². The lowest BCUT2D eigenvalue weighted by molar-refractivity contribution is -0.119. The summed E-state index contributed by atoms with van der Waals surface area (Å²) in [6, 6.07) is 20.2. The van der Waals surface area contributed by atoms with E-state index in [0.717, 1.165) is 70.6 Å². The molecular weight excluding hydrogens is 623 g/mol. The van der Waals surface area contributed by atoms with Crippen LogP contribution >= 0.6 is 23.2 Å². The van der Waals surface area contributed by atoms with Crippen LogP contribution in [0.25, 0.3) is 33.5 Å². The van der Waals surface area contributed by atoms with E-state index in [9.17, 15) is 9.90 Å². The number of nitrogens with one attached hydrogen (secondary N) is 2. The van der Waals surface area contributed by atoms with Gasteiger partial charge in [0.2, 0.25) is 11.8 Å². The Kier molecular flexibility index (Phi) is 10.1. The Morgan fingerprint density at radius 3 is 2.41 bits per heavy atom. The van der Waals surface area contributed by atoms with Gasteiger partial charge in [-0.1, -0.05) is 71.7 Å². The van der Waals surface area contributed by atoms with Crippen molar-refractivity contribution in [3.05, 3.63) is 87.4 Å². The van der Waals surface area contributed by atoms with Crippen molar-refractivity contribution < 1.29 is 19.4 Å². The zero-order chi connectivity index (χ0) is 32.2. The summed E-state index contributed by atoms with van der Waals surface area (Å²) < 4.78 is 11.5. The summed E-state index contributed by atoms with van der Waals surface area (Å²) >= 11 is 14.3. The third kappa shape index (κ3) is 6.73. The van der Waals surface area contributed by atoms with E-state index in [2.05, 4.69) is 21.6 Å². The number of amides is 1. The molecule has 1 unspecified atom stereocenters. The van der Waals surface area contributed by atoms with Gasteiger partial charge in [-0.3, -0.25) is 9.69 Å². The van der Waals surface area contributed by atoms with Crippen LogP contribution in [0.5, 0.6) is 11.6 Å². The van der Waals surface area contributed by atoms with Gasteiger partial charge in [-0.15, -0.1) is 0 Å². The smallest absolute Gasteiger partial charge is 0.220 e. The number of hydrogen-bond donors (Lipinski definition) is 3. The first-order chi connectivity index (χ1) is 22.4. The van der Waals surface area contributed by atoms with Gasteiger partial charge in [0, 0.05) is 78.6 Å². The van der Waals surface area contributed by atoms with Gasteiger partial charge in [0.05, 0.1) is 36.6 Å². The van der Waals surface area contributed by atoms with Gasteiger partial charge in [0.1, 0.15) is 5.75 Å². The molecule has 3 heterocycles. The molecule has 240 valence electrons. The minimum absolute atomic E-state index is 0.105. The molecule has 46 heavy (non-hydrogen) atoms. The first kappa shape index (κ1) is 32.3. The number of aliphatic hydroxyl groups excluding tert-OH is 1. The Hall–Kier alpha value is -3.66. The first-order valence-electron chi connectivity index (χ1n) is 15.5. The molecule has 2 aliphatic rings. The summed E-state index contributed by atoms with van der Waals surface area (Å²) in [5.74, 6) is 1.44. The third-order valence-corrected chi connectivity index (χ3v) is 9.63. The molecule has 0 spiro atoms. The molecule has 1 aromatic heterocycles. The van der Waals surface area contributed by atoms with Gasteiger partial charge in [0.15, 0.2) is 0 Å². The summed E-state index contributed by atoms with van der Waals surface area (Å²) in [4.78, 5) is 18.5. The van der Waals surface area contributed by atoms with E-state index < -0.39 is 0 Å². The standard InChI is InChI=1S/C36H38Cl2N4O4/c1-45-32-18-24(17-22-13-14-42(15-16-43)21-30(22)32)26-5-3-6-27(34(26)37)28-7-4-8-29(35(28)38)31-11-9-23(36(41-31)46-2)19-39-20-25-10-12-33(44)40-25/h3-9,11,17-18,25,39,43H,10,12-16,19-21H2,1-2H3,(H,40,44). The number of methoxy groups -OCH3 is 2. The summed E-state index contributed by atoms with van der Waals surface area (Å²) in [7, 11) is 3.30. The number of carbonyl (C=O) groups excluding carboxylic acids is 1. The molecule has 1 atom stereocenters. The number of carbonyl (C=O) groups is 1. The van der Waals surface area contributed by atoms with E-state index in [0.29, 0.717) is 47.7 Å². The summed E-state index contributed by atoms with van der Waals surface area (Å²) in [6.45, 7) is 3.65. The molecule has 0 radical (unpaired) electrons. The fourth-order valence-electron chi connectivity index (χ4n) is 6.40. The molecule has 3 N–H and O–H groups in total. The van der Waals surface area contributed by atoms with Gasteiger partial charge < -0.3 is 25.2 Å². The summed E-state index contributed by atoms with van der Waals surface area (Å²) in [6.07, 6.45) is 2.29. The van der Waals surface area contributed by atoms with Crippen LogP contribution in [0.2, 0.25) is 10.0 Å². The average molecular weight is 662 g/mol. The quantitative estimate of drug-likeness (QED) is 0.178. The molecule has 0 saturated carbocycles. The molecule has 1 amide bonds. The van der Waals surface area contributed by atoms with Gasteiger partial charge in [-0.2, -0.15) is 0 Å². The molecule has 6 rings (SSSR count). The molecule has 3 aromatic carbocycles. The number of rotatable bonds is 11. The second-order valence-electron chi connectivity index (χ2n) is 11.7. The number of nitrogens with zero attached hydrogens (tertiary/aromatic N) is 2. The molecule has 0 aliphatic carbocycles. The van der Waals surface area contributed by atoms with E-state index in [4.69, 9.17) is 37.7 Å². The average Bonchev–Trinajstić information content (AvgIpc) is 3.49. The number of pyridine rings is 1. The monoisotopic (exact) mass is 660 g/mol. The highest BCUT2D eigenvalue weighted by Crippen LogP contribution is 2.44. The molecule has 10 heteroatoms. The zero-order valence-corrected chi connectivity index (χ0v) is 27.5. The second kappa shape index (κ2) is 14.4. The summed E-state index contributed by atoms with van der Waals surface area (Å²) in [5, 5.41) is 16.9. The number of halogens is 2. The van der Waals surface area contributed by atoms with Gasteiger partial charge in [0.25, 0.3) is 0 Å². The zero-order valence-electron chi connectivity index (χ0n) is 26.0. The highest BCUT2D eigenvalue weighted by atomic mass is 35.5. The molecule has 8 nitrogen and oxygen atoms in total. The van der Waals surface area contributed by atoms with Crippen molar-refractivity contribution in [2.75, 3.05) is 40.5 Å². The van der Waals surface area contributed by atoms with Crippen LogP contribution in [-0.4, -0.2) is 67.4 Å². The molecule has 1 saturated heterocycles.